The number of carbonyl (C=O) groups is 1. The third-order valence-corrected chi connectivity index (χ3v) is 5.89. The summed E-state index contributed by atoms with van der Waals surface area (Å²) in [6.45, 7) is 2.25. The molecular formula is C18H25I3O2. The first kappa shape index (κ1) is 21.9. The van der Waals surface area contributed by atoms with Gasteiger partial charge in [-0.2, -0.15) is 0 Å². The molecule has 0 radical (unpaired) electrons. The van der Waals surface area contributed by atoms with Gasteiger partial charge in [0.05, 0.1) is 7.14 Å². The van der Waals surface area contributed by atoms with E-state index in [1.54, 1.807) is 0 Å². The van der Waals surface area contributed by atoms with Crippen LogP contribution in [0.2, 0.25) is 0 Å². The smallest absolute Gasteiger partial charge is 0.311 e. The average molecular weight is 654 g/mol. The lowest BCUT2D eigenvalue weighted by Crippen LogP contribution is -2.09. The maximum Gasteiger partial charge on any atom is 0.311 e. The largest absolute Gasteiger partial charge is 0.424 e. The Morgan fingerprint density at radius 3 is 1.87 bits per heavy atom. The van der Waals surface area contributed by atoms with Gasteiger partial charge in [0, 0.05) is 9.99 Å². The number of ether oxygens (including phenoxy) is 1. The minimum Gasteiger partial charge on any atom is -0.424 e. The molecular weight excluding hydrogens is 629 g/mol. The van der Waals surface area contributed by atoms with Crippen LogP contribution in [0.4, 0.5) is 0 Å². The summed E-state index contributed by atoms with van der Waals surface area (Å²) >= 11 is 6.73. The molecule has 1 aromatic carbocycles. The molecule has 0 aliphatic rings. The lowest BCUT2D eigenvalue weighted by Gasteiger charge is -2.09. The van der Waals surface area contributed by atoms with Gasteiger partial charge in [0.1, 0.15) is 0 Å². The van der Waals surface area contributed by atoms with Crippen LogP contribution in [0.1, 0.15) is 71.1 Å². The Bertz CT molecular complexity index is 466. The van der Waals surface area contributed by atoms with Gasteiger partial charge in [0.15, 0.2) is 5.75 Å². The molecule has 0 bridgehead atoms. The zero-order valence-electron chi connectivity index (χ0n) is 13.7. The maximum absolute atomic E-state index is 12.0. The van der Waals surface area contributed by atoms with Gasteiger partial charge in [-0.1, -0.05) is 58.3 Å². The highest BCUT2D eigenvalue weighted by atomic mass is 127. The van der Waals surface area contributed by atoms with E-state index in [0.717, 1.165) is 23.6 Å². The van der Waals surface area contributed by atoms with Crippen LogP contribution in [0, 0.1) is 10.7 Å². The standard InChI is InChI=1S/C18H25I3O2/c1-2-3-4-5-6-7-8-9-10-11-17(22)23-18-15(20)12-14(19)13-16(18)21/h12-13H,2-11H2,1H3. The normalized spacial score (nSPS) is 10.8. The van der Waals surface area contributed by atoms with E-state index in [4.69, 9.17) is 4.74 Å². The summed E-state index contributed by atoms with van der Waals surface area (Å²) in [5.74, 6) is 0.609. The van der Waals surface area contributed by atoms with Crippen LogP contribution < -0.4 is 4.74 Å². The van der Waals surface area contributed by atoms with Crippen LogP contribution >= 0.6 is 67.8 Å². The number of unbranched alkanes of at least 4 members (excludes halogenated alkanes) is 8. The molecule has 0 amide bonds. The number of halogens is 3. The summed E-state index contributed by atoms with van der Waals surface area (Å²) in [4.78, 5) is 12.0. The van der Waals surface area contributed by atoms with E-state index in [-0.39, 0.29) is 5.97 Å². The molecule has 130 valence electrons. The molecule has 0 saturated carbocycles. The summed E-state index contributed by atoms with van der Waals surface area (Å²) in [5, 5.41) is 0. The van der Waals surface area contributed by atoms with Gasteiger partial charge in [-0.25, -0.2) is 0 Å². The van der Waals surface area contributed by atoms with Crippen molar-refractivity contribution >= 4 is 73.7 Å². The van der Waals surface area contributed by atoms with Crippen molar-refractivity contribution in [1.82, 2.24) is 0 Å². The number of benzene rings is 1. The summed E-state index contributed by atoms with van der Waals surface area (Å²) in [7, 11) is 0. The molecule has 0 spiro atoms. The molecule has 0 N–H and O–H groups in total. The zero-order valence-corrected chi connectivity index (χ0v) is 20.1. The summed E-state index contributed by atoms with van der Waals surface area (Å²) in [6, 6.07) is 4.06. The van der Waals surface area contributed by atoms with Crippen molar-refractivity contribution in [3.8, 4) is 5.75 Å². The lowest BCUT2D eigenvalue weighted by molar-refractivity contribution is -0.134. The number of carbonyl (C=O) groups excluding carboxylic acids is 1. The number of hydrogen-bond donors (Lipinski definition) is 0. The van der Waals surface area contributed by atoms with E-state index >= 15 is 0 Å². The van der Waals surface area contributed by atoms with Crippen LogP contribution in [0.5, 0.6) is 5.75 Å². The molecule has 1 rings (SSSR count). The van der Waals surface area contributed by atoms with E-state index in [9.17, 15) is 4.79 Å². The molecule has 5 heteroatoms. The number of esters is 1. The van der Waals surface area contributed by atoms with Gasteiger partial charge in [-0.15, -0.1) is 0 Å². The van der Waals surface area contributed by atoms with E-state index in [1.165, 1.54) is 44.9 Å². The summed E-state index contributed by atoms with van der Waals surface area (Å²) in [5.41, 5.74) is 0. The highest BCUT2D eigenvalue weighted by Gasteiger charge is 2.12. The first-order valence-electron chi connectivity index (χ1n) is 8.39. The maximum atomic E-state index is 12.0. The molecule has 0 unspecified atom stereocenters. The molecule has 0 aliphatic heterocycles. The molecule has 0 aliphatic carbocycles. The van der Waals surface area contributed by atoms with Crippen molar-refractivity contribution in [1.29, 1.82) is 0 Å². The average Bonchev–Trinajstić information content (AvgIpc) is 2.49. The van der Waals surface area contributed by atoms with Crippen LogP contribution in [0.3, 0.4) is 0 Å². The van der Waals surface area contributed by atoms with Gasteiger partial charge in [0.25, 0.3) is 0 Å². The van der Waals surface area contributed by atoms with E-state index in [0.29, 0.717) is 12.2 Å². The van der Waals surface area contributed by atoms with Gasteiger partial charge < -0.3 is 4.74 Å². The molecule has 2 nitrogen and oxygen atoms in total. The predicted molar refractivity (Wildman–Crippen MR) is 122 cm³/mol. The Hall–Kier alpha value is 0.880. The Morgan fingerprint density at radius 1 is 0.870 bits per heavy atom. The third-order valence-electron chi connectivity index (χ3n) is 3.66. The van der Waals surface area contributed by atoms with Gasteiger partial charge >= 0.3 is 5.97 Å². The van der Waals surface area contributed by atoms with Crippen LogP contribution in [0.25, 0.3) is 0 Å². The van der Waals surface area contributed by atoms with Crippen LogP contribution in [-0.4, -0.2) is 5.97 Å². The second-order valence-corrected chi connectivity index (χ2v) is 9.32. The molecule has 23 heavy (non-hydrogen) atoms. The van der Waals surface area contributed by atoms with E-state index in [2.05, 4.69) is 74.7 Å². The quantitative estimate of drug-likeness (QED) is 0.108. The molecule has 0 fully saturated rings. The van der Waals surface area contributed by atoms with Crippen molar-refractivity contribution < 1.29 is 9.53 Å². The van der Waals surface area contributed by atoms with Crippen molar-refractivity contribution in [2.45, 2.75) is 71.1 Å². The zero-order chi connectivity index (χ0) is 17.1. The van der Waals surface area contributed by atoms with Crippen molar-refractivity contribution in [3.05, 3.63) is 22.8 Å². The Morgan fingerprint density at radius 2 is 1.35 bits per heavy atom. The fourth-order valence-corrected chi connectivity index (χ4v) is 6.17. The molecule has 0 saturated heterocycles. The number of rotatable bonds is 11. The Balaban J connectivity index is 2.16. The second-order valence-electron chi connectivity index (χ2n) is 5.75. The van der Waals surface area contributed by atoms with Crippen molar-refractivity contribution in [2.24, 2.45) is 0 Å². The van der Waals surface area contributed by atoms with Gasteiger partial charge in [-0.05, 0) is 86.3 Å². The van der Waals surface area contributed by atoms with Gasteiger partial charge in [0.2, 0.25) is 0 Å². The minimum atomic E-state index is -0.106. The van der Waals surface area contributed by atoms with E-state index in [1.807, 2.05) is 12.1 Å². The van der Waals surface area contributed by atoms with Gasteiger partial charge in [-0.3, -0.25) is 4.79 Å². The predicted octanol–water partition coefficient (Wildman–Crippen LogP) is 7.33. The highest BCUT2D eigenvalue weighted by molar-refractivity contribution is 14.1. The Kier molecular flexibility index (Phi) is 12.5. The lowest BCUT2D eigenvalue weighted by atomic mass is 10.1. The summed E-state index contributed by atoms with van der Waals surface area (Å²) in [6.07, 6.45) is 11.9. The fraction of sp³-hybridized carbons (Fsp3) is 0.611. The second kappa shape index (κ2) is 13.1. The topological polar surface area (TPSA) is 26.3 Å². The van der Waals surface area contributed by atoms with Crippen molar-refractivity contribution in [3.63, 3.8) is 0 Å². The fourth-order valence-electron chi connectivity index (χ4n) is 2.37. The SMILES string of the molecule is CCCCCCCCCCCC(=O)Oc1c(I)cc(I)cc1I. The number of hydrogen-bond acceptors (Lipinski definition) is 2. The molecule has 0 atom stereocenters. The third kappa shape index (κ3) is 9.81. The highest BCUT2D eigenvalue weighted by Crippen LogP contribution is 2.30. The van der Waals surface area contributed by atoms with Crippen LogP contribution in [-0.2, 0) is 4.79 Å². The van der Waals surface area contributed by atoms with Crippen LogP contribution in [0.15, 0.2) is 12.1 Å². The minimum absolute atomic E-state index is 0.106. The first-order chi connectivity index (χ1) is 11.0. The first-order valence-corrected chi connectivity index (χ1v) is 11.6. The molecule has 0 heterocycles. The van der Waals surface area contributed by atoms with E-state index < -0.39 is 0 Å². The molecule has 0 aromatic heterocycles. The monoisotopic (exact) mass is 654 g/mol. The molecule has 1 aromatic rings. The Labute approximate surface area is 181 Å². The summed E-state index contributed by atoms with van der Waals surface area (Å²) < 4.78 is 8.71. The van der Waals surface area contributed by atoms with Crippen molar-refractivity contribution in [2.75, 3.05) is 0 Å².